The van der Waals surface area contributed by atoms with E-state index in [0.29, 0.717) is 5.92 Å². The first-order chi connectivity index (χ1) is 10.2. The monoisotopic (exact) mass is 299 g/mol. The molecule has 3 rings (SSSR count). The van der Waals surface area contributed by atoms with E-state index in [1.165, 1.54) is 16.5 Å². The van der Waals surface area contributed by atoms with Gasteiger partial charge in [0.05, 0.1) is 17.7 Å². The average Bonchev–Trinajstić information content (AvgIpc) is 3.09. The van der Waals surface area contributed by atoms with E-state index >= 15 is 0 Å². The number of thiazole rings is 1. The molecule has 0 amide bonds. The molecule has 0 fully saturated rings. The van der Waals surface area contributed by atoms with Crippen LogP contribution in [0.5, 0.6) is 0 Å². The predicted molar refractivity (Wildman–Crippen MR) is 89.7 cm³/mol. The normalized spacial score (nSPS) is 11.6. The number of rotatable bonds is 6. The van der Waals surface area contributed by atoms with Crippen molar-refractivity contribution in [1.29, 1.82) is 0 Å². The zero-order chi connectivity index (χ0) is 14.7. The van der Waals surface area contributed by atoms with Gasteiger partial charge < -0.3 is 9.88 Å². The van der Waals surface area contributed by atoms with Crippen molar-refractivity contribution in [3.05, 3.63) is 52.6 Å². The summed E-state index contributed by atoms with van der Waals surface area (Å²) in [5.41, 5.74) is 5.67. The minimum Gasteiger partial charge on any atom is -0.341 e. The average molecular weight is 299 g/mol. The van der Waals surface area contributed by atoms with Crippen LogP contribution < -0.4 is 5.32 Å². The Labute approximate surface area is 129 Å². The van der Waals surface area contributed by atoms with Gasteiger partial charge in [-0.1, -0.05) is 32.0 Å². The summed E-state index contributed by atoms with van der Waals surface area (Å²) in [5, 5.41) is 6.99. The molecule has 1 N–H and O–H groups in total. The molecule has 0 bridgehead atoms. The van der Waals surface area contributed by atoms with Crippen LogP contribution in [0.1, 0.15) is 25.1 Å². The Hall–Kier alpha value is -1.65. The molecule has 0 saturated heterocycles. The number of nitrogens with zero attached hydrogens (tertiary/aromatic N) is 2. The largest absolute Gasteiger partial charge is 0.341 e. The summed E-state index contributed by atoms with van der Waals surface area (Å²) in [6.45, 7) is 7.28. The highest BCUT2D eigenvalue weighted by Crippen LogP contribution is 2.22. The van der Waals surface area contributed by atoms with E-state index in [4.69, 9.17) is 0 Å². The van der Waals surface area contributed by atoms with Gasteiger partial charge in [0, 0.05) is 29.0 Å². The summed E-state index contributed by atoms with van der Waals surface area (Å²) in [6, 6.07) is 8.61. The van der Waals surface area contributed by atoms with Gasteiger partial charge in [0.2, 0.25) is 0 Å². The fraction of sp³-hybridized carbons (Fsp3) is 0.353. The maximum Gasteiger partial charge on any atom is 0.0795 e. The van der Waals surface area contributed by atoms with Gasteiger partial charge in [0.15, 0.2) is 0 Å². The highest BCUT2D eigenvalue weighted by Gasteiger charge is 2.09. The van der Waals surface area contributed by atoms with Crippen LogP contribution in [0.25, 0.3) is 10.9 Å². The summed E-state index contributed by atoms with van der Waals surface area (Å²) >= 11 is 1.65. The second-order valence-corrected chi connectivity index (χ2v) is 6.52. The van der Waals surface area contributed by atoms with Crippen LogP contribution >= 0.6 is 11.3 Å². The Morgan fingerprint density at radius 1 is 1.29 bits per heavy atom. The van der Waals surface area contributed by atoms with Gasteiger partial charge in [-0.3, -0.25) is 0 Å². The van der Waals surface area contributed by atoms with Crippen LogP contribution in [0.2, 0.25) is 0 Å². The minimum atomic E-state index is 0.674. The second-order valence-electron chi connectivity index (χ2n) is 5.80. The molecule has 2 heterocycles. The van der Waals surface area contributed by atoms with Gasteiger partial charge in [-0.05, 0) is 24.1 Å². The predicted octanol–water partition coefficient (Wildman–Crippen LogP) is 3.89. The third-order valence-corrected chi connectivity index (χ3v) is 4.19. The Morgan fingerprint density at radius 3 is 2.90 bits per heavy atom. The van der Waals surface area contributed by atoms with Gasteiger partial charge in [-0.25, -0.2) is 4.98 Å². The molecule has 3 aromatic rings. The molecule has 0 unspecified atom stereocenters. The molecule has 0 aliphatic rings. The number of benzene rings is 1. The van der Waals surface area contributed by atoms with Crippen LogP contribution in [0.15, 0.2) is 41.4 Å². The van der Waals surface area contributed by atoms with Crippen LogP contribution in [0.4, 0.5) is 0 Å². The van der Waals surface area contributed by atoms with E-state index in [2.05, 4.69) is 64.6 Å². The van der Waals surface area contributed by atoms with E-state index in [1.807, 2.05) is 5.51 Å². The van der Waals surface area contributed by atoms with E-state index < -0.39 is 0 Å². The summed E-state index contributed by atoms with van der Waals surface area (Å²) in [4.78, 5) is 4.40. The van der Waals surface area contributed by atoms with E-state index in [9.17, 15) is 0 Å². The molecule has 21 heavy (non-hydrogen) atoms. The lowest BCUT2D eigenvalue weighted by Gasteiger charge is -2.06. The van der Waals surface area contributed by atoms with Crippen molar-refractivity contribution in [2.24, 2.45) is 5.92 Å². The van der Waals surface area contributed by atoms with Crippen molar-refractivity contribution >= 4 is 22.2 Å². The molecule has 110 valence electrons. The quantitative estimate of drug-likeness (QED) is 0.748. The van der Waals surface area contributed by atoms with Crippen molar-refractivity contribution < 1.29 is 0 Å². The molecule has 0 radical (unpaired) electrons. The molecule has 0 saturated carbocycles. The first-order valence-electron chi connectivity index (χ1n) is 7.38. The van der Waals surface area contributed by atoms with E-state index in [-0.39, 0.29) is 0 Å². The lowest BCUT2D eigenvalue weighted by Crippen LogP contribution is -2.18. The first-order valence-corrected chi connectivity index (χ1v) is 8.33. The number of fused-ring (bicyclic) bond motifs is 1. The van der Waals surface area contributed by atoms with Crippen molar-refractivity contribution in [2.75, 3.05) is 6.54 Å². The molecule has 0 aliphatic heterocycles. The third kappa shape index (κ3) is 3.34. The SMILES string of the molecule is CC(C)CNCc1cn(Cc2cscn2)c2ccccc12. The standard InChI is InChI=1S/C17H21N3S/c1-13(2)7-18-8-14-9-20(10-15-11-21-12-19-15)17-6-4-3-5-16(14)17/h3-6,9,11-13,18H,7-8,10H2,1-2H3. The van der Waals surface area contributed by atoms with Crippen LogP contribution in [0.3, 0.4) is 0 Å². The molecule has 2 aromatic heterocycles. The van der Waals surface area contributed by atoms with Gasteiger partial charge >= 0.3 is 0 Å². The van der Waals surface area contributed by atoms with Crippen LogP contribution in [0, 0.1) is 5.92 Å². The van der Waals surface area contributed by atoms with Gasteiger partial charge in [-0.2, -0.15) is 0 Å². The van der Waals surface area contributed by atoms with Crippen molar-refractivity contribution in [1.82, 2.24) is 14.9 Å². The third-order valence-electron chi connectivity index (χ3n) is 3.55. The van der Waals surface area contributed by atoms with Crippen LogP contribution in [-0.4, -0.2) is 16.1 Å². The molecule has 0 aliphatic carbocycles. The maximum absolute atomic E-state index is 4.40. The number of hydrogen-bond acceptors (Lipinski definition) is 3. The Bertz CT molecular complexity index is 698. The smallest absolute Gasteiger partial charge is 0.0795 e. The summed E-state index contributed by atoms with van der Waals surface area (Å²) in [5.74, 6) is 0.674. The van der Waals surface area contributed by atoms with E-state index in [0.717, 1.165) is 25.3 Å². The number of aromatic nitrogens is 2. The minimum absolute atomic E-state index is 0.674. The van der Waals surface area contributed by atoms with Gasteiger partial charge in [0.1, 0.15) is 0 Å². The molecule has 3 nitrogen and oxygen atoms in total. The highest BCUT2D eigenvalue weighted by molar-refractivity contribution is 7.07. The fourth-order valence-electron chi connectivity index (χ4n) is 2.58. The molecule has 0 atom stereocenters. The lowest BCUT2D eigenvalue weighted by atomic mass is 10.1. The topological polar surface area (TPSA) is 29.9 Å². The molecular weight excluding hydrogens is 278 g/mol. The van der Waals surface area contributed by atoms with Crippen molar-refractivity contribution in [3.8, 4) is 0 Å². The number of hydrogen-bond donors (Lipinski definition) is 1. The maximum atomic E-state index is 4.40. The molecule has 1 aromatic carbocycles. The zero-order valence-corrected chi connectivity index (χ0v) is 13.4. The lowest BCUT2D eigenvalue weighted by molar-refractivity contribution is 0.553. The Kier molecular flexibility index (Phi) is 4.36. The number of para-hydroxylation sites is 1. The van der Waals surface area contributed by atoms with E-state index in [1.54, 1.807) is 11.3 Å². The summed E-state index contributed by atoms with van der Waals surface area (Å²) in [7, 11) is 0. The second kappa shape index (κ2) is 6.41. The summed E-state index contributed by atoms with van der Waals surface area (Å²) < 4.78 is 2.30. The first kappa shape index (κ1) is 14.3. The van der Waals surface area contributed by atoms with Crippen molar-refractivity contribution in [2.45, 2.75) is 26.9 Å². The Morgan fingerprint density at radius 2 is 2.14 bits per heavy atom. The summed E-state index contributed by atoms with van der Waals surface area (Å²) in [6.07, 6.45) is 2.26. The van der Waals surface area contributed by atoms with Gasteiger partial charge in [0.25, 0.3) is 0 Å². The Balaban J connectivity index is 1.86. The number of nitrogens with one attached hydrogen (secondary N) is 1. The molecule has 4 heteroatoms. The van der Waals surface area contributed by atoms with Gasteiger partial charge in [-0.15, -0.1) is 11.3 Å². The molecular formula is C17H21N3S. The fourth-order valence-corrected chi connectivity index (χ4v) is 3.13. The van der Waals surface area contributed by atoms with Crippen molar-refractivity contribution in [3.63, 3.8) is 0 Å². The highest BCUT2D eigenvalue weighted by atomic mass is 32.1. The van der Waals surface area contributed by atoms with Crippen LogP contribution in [-0.2, 0) is 13.1 Å². The molecule has 0 spiro atoms. The zero-order valence-electron chi connectivity index (χ0n) is 12.5.